The van der Waals surface area contributed by atoms with Gasteiger partial charge in [-0.1, -0.05) is 38.1 Å². The van der Waals surface area contributed by atoms with Crippen molar-refractivity contribution in [3.63, 3.8) is 0 Å². The van der Waals surface area contributed by atoms with E-state index in [1.54, 1.807) is 12.1 Å². The van der Waals surface area contributed by atoms with E-state index < -0.39 is 5.97 Å². The fourth-order valence-electron chi connectivity index (χ4n) is 2.17. The summed E-state index contributed by atoms with van der Waals surface area (Å²) in [5, 5.41) is 2.75. The van der Waals surface area contributed by atoms with E-state index in [-0.39, 0.29) is 12.5 Å². The number of benzene rings is 1. The number of hydrogen-bond donors (Lipinski definition) is 1. The number of carbonyl (C=O) groups is 2. The predicted octanol–water partition coefficient (Wildman–Crippen LogP) is 2.72. The predicted molar refractivity (Wildman–Crippen MR) is 91.8 cm³/mol. The number of rotatable bonds is 7. The van der Waals surface area contributed by atoms with Crippen LogP contribution in [0.15, 0.2) is 48.8 Å². The van der Waals surface area contributed by atoms with E-state index in [1.807, 2.05) is 0 Å². The van der Waals surface area contributed by atoms with E-state index in [2.05, 4.69) is 48.4 Å². The smallest absolute Gasteiger partial charge is 0.338 e. The number of nitrogens with zero attached hydrogens (tertiary/aromatic N) is 1. The molecule has 0 aliphatic rings. The van der Waals surface area contributed by atoms with Crippen LogP contribution in [-0.4, -0.2) is 30.0 Å². The second-order valence-electron chi connectivity index (χ2n) is 5.81. The van der Waals surface area contributed by atoms with Gasteiger partial charge in [0, 0.05) is 18.9 Å². The third-order valence-electron chi connectivity index (χ3n) is 3.63. The lowest BCUT2D eigenvalue weighted by atomic mass is 10.0. The average Bonchev–Trinajstić information content (AvgIpc) is 2.61. The molecule has 0 atom stereocenters. The Bertz CT molecular complexity index is 667. The van der Waals surface area contributed by atoms with Gasteiger partial charge in [0.15, 0.2) is 6.61 Å². The molecule has 24 heavy (non-hydrogen) atoms. The summed E-state index contributed by atoms with van der Waals surface area (Å²) in [6.07, 6.45) is 3.74. The van der Waals surface area contributed by atoms with Crippen molar-refractivity contribution in [1.29, 1.82) is 0 Å². The largest absolute Gasteiger partial charge is 0.452 e. The number of pyridine rings is 1. The van der Waals surface area contributed by atoms with Gasteiger partial charge in [-0.3, -0.25) is 9.78 Å². The van der Waals surface area contributed by atoms with E-state index in [9.17, 15) is 9.59 Å². The number of hydrogen-bond acceptors (Lipinski definition) is 4. The molecule has 0 saturated heterocycles. The third-order valence-corrected chi connectivity index (χ3v) is 3.63. The zero-order chi connectivity index (χ0) is 17.4. The van der Waals surface area contributed by atoms with Crippen LogP contribution >= 0.6 is 0 Å². The van der Waals surface area contributed by atoms with E-state index in [0.29, 0.717) is 18.0 Å². The summed E-state index contributed by atoms with van der Waals surface area (Å²) in [5.74, 6) is -0.332. The monoisotopic (exact) mass is 326 g/mol. The molecule has 1 N–H and O–H groups in total. The van der Waals surface area contributed by atoms with E-state index in [1.165, 1.54) is 18.0 Å². The topological polar surface area (TPSA) is 68.3 Å². The lowest BCUT2D eigenvalue weighted by Crippen LogP contribution is -2.30. The van der Waals surface area contributed by atoms with Crippen molar-refractivity contribution >= 4 is 11.9 Å². The van der Waals surface area contributed by atoms with Crippen LogP contribution in [0, 0.1) is 0 Å². The van der Waals surface area contributed by atoms with Crippen molar-refractivity contribution in [2.24, 2.45) is 0 Å². The van der Waals surface area contributed by atoms with Crippen molar-refractivity contribution in [2.45, 2.75) is 26.2 Å². The Balaban J connectivity index is 1.69. The van der Waals surface area contributed by atoms with Crippen LogP contribution in [0.3, 0.4) is 0 Å². The van der Waals surface area contributed by atoms with Crippen LogP contribution in [-0.2, 0) is 16.0 Å². The summed E-state index contributed by atoms with van der Waals surface area (Å²) in [4.78, 5) is 27.2. The minimum Gasteiger partial charge on any atom is -0.452 e. The molecule has 1 aromatic carbocycles. The summed E-state index contributed by atoms with van der Waals surface area (Å²) >= 11 is 0. The second-order valence-corrected chi connectivity index (χ2v) is 5.81. The van der Waals surface area contributed by atoms with Gasteiger partial charge in [0.2, 0.25) is 0 Å². The molecule has 1 aromatic heterocycles. The highest BCUT2D eigenvalue weighted by Crippen LogP contribution is 2.14. The van der Waals surface area contributed by atoms with Crippen molar-refractivity contribution in [3.05, 3.63) is 65.5 Å². The Labute approximate surface area is 142 Å². The van der Waals surface area contributed by atoms with Gasteiger partial charge in [0.05, 0.1) is 5.56 Å². The first-order valence-electron chi connectivity index (χ1n) is 7.99. The van der Waals surface area contributed by atoms with Crippen molar-refractivity contribution < 1.29 is 14.3 Å². The Kier molecular flexibility index (Phi) is 6.49. The van der Waals surface area contributed by atoms with Crippen LogP contribution in [0.1, 0.15) is 41.3 Å². The van der Waals surface area contributed by atoms with Crippen LogP contribution in [0.2, 0.25) is 0 Å². The molecule has 0 radical (unpaired) electrons. The highest BCUT2D eigenvalue weighted by molar-refractivity contribution is 5.91. The molecule has 5 heteroatoms. The fraction of sp³-hybridized carbons (Fsp3) is 0.316. The molecule has 0 unspecified atom stereocenters. The van der Waals surface area contributed by atoms with Gasteiger partial charge in [-0.05, 0) is 35.6 Å². The third kappa shape index (κ3) is 5.50. The van der Waals surface area contributed by atoms with Crippen molar-refractivity contribution in [2.75, 3.05) is 13.2 Å². The Hall–Kier alpha value is -2.69. The zero-order valence-electron chi connectivity index (χ0n) is 14.0. The van der Waals surface area contributed by atoms with E-state index >= 15 is 0 Å². The first-order valence-corrected chi connectivity index (χ1v) is 7.99. The van der Waals surface area contributed by atoms with Gasteiger partial charge in [-0.2, -0.15) is 0 Å². The van der Waals surface area contributed by atoms with Crippen LogP contribution in [0.5, 0.6) is 0 Å². The molecule has 1 amide bonds. The summed E-state index contributed by atoms with van der Waals surface area (Å²) in [6, 6.07) is 11.5. The van der Waals surface area contributed by atoms with Gasteiger partial charge in [0.25, 0.3) is 5.91 Å². The zero-order valence-corrected chi connectivity index (χ0v) is 14.0. The molecule has 2 aromatic rings. The van der Waals surface area contributed by atoms with Crippen LogP contribution < -0.4 is 5.32 Å². The molecule has 0 fully saturated rings. The lowest BCUT2D eigenvalue weighted by Gasteiger charge is -2.08. The Morgan fingerprint density at radius 3 is 2.38 bits per heavy atom. The number of ether oxygens (including phenoxy) is 1. The molecule has 0 aliphatic heterocycles. The number of amides is 1. The van der Waals surface area contributed by atoms with E-state index in [4.69, 9.17) is 4.74 Å². The van der Waals surface area contributed by atoms with Gasteiger partial charge in [-0.15, -0.1) is 0 Å². The molecule has 0 spiro atoms. The molecule has 2 rings (SSSR count). The first kappa shape index (κ1) is 17.7. The molecule has 1 heterocycles. The highest BCUT2D eigenvalue weighted by Gasteiger charge is 2.09. The minimum absolute atomic E-state index is 0.284. The maximum absolute atomic E-state index is 11.7. The summed E-state index contributed by atoms with van der Waals surface area (Å²) in [7, 11) is 0. The molecular formula is C19H22N2O3. The molecule has 0 aliphatic carbocycles. The van der Waals surface area contributed by atoms with Gasteiger partial charge >= 0.3 is 5.97 Å². The number of esters is 1. The molecular weight excluding hydrogens is 304 g/mol. The normalized spacial score (nSPS) is 10.5. The Morgan fingerprint density at radius 1 is 1.08 bits per heavy atom. The second kappa shape index (κ2) is 8.82. The summed E-state index contributed by atoms with van der Waals surface area (Å²) in [6.45, 7) is 4.53. The molecule has 0 saturated carbocycles. The van der Waals surface area contributed by atoms with Crippen molar-refractivity contribution in [1.82, 2.24) is 10.3 Å². The van der Waals surface area contributed by atoms with Crippen LogP contribution in [0.25, 0.3) is 0 Å². The maximum Gasteiger partial charge on any atom is 0.338 e. The minimum atomic E-state index is -0.531. The SMILES string of the molecule is CC(C)c1ccc(CCNC(=O)COC(=O)c2ccncc2)cc1. The number of aromatic nitrogens is 1. The van der Waals surface area contributed by atoms with Crippen LogP contribution in [0.4, 0.5) is 0 Å². The molecule has 5 nitrogen and oxygen atoms in total. The lowest BCUT2D eigenvalue weighted by molar-refractivity contribution is -0.124. The number of carbonyl (C=O) groups excluding carboxylic acids is 2. The fourth-order valence-corrected chi connectivity index (χ4v) is 2.17. The van der Waals surface area contributed by atoms with Gasteiger partial charge in [-0.25, -0.2) is 4.79 Å². The van der Waals surface area contributed by atoms with Crippen molar-refractivity contribution in [3.8, 4) is 0 Å². The first-order chi connectivity index (χ1) is 11.6. The Morgan fingerprint density at radius 2 is 1.75 bits per heavy atom. The quantitative estimate of drug-likeness (QED) is 0.794. The molecule has 0 bridgehead atoms. The number of nitrogens with one attached hydrogen (secondary N) is 1. The molecule has 126 valence electrons. The summed E-state index contributed by atoms with van der Waals surface area (Å²) < 4.78 is 4.96. The maximum atomic E-state index is 11.7. The average molecular weight is 326 g/mol. The summed E-state index contributed by atoms with van der Waals surface area (Å²) in [5.41, 5.74) is 2.84. The standard InChI is InChI=1S/C19H22N2O3/c1-14(2)16-5-3-15(4-6-16)7-12-21-18(22)13-24-19(23)17-8-10-20-11-9-17/h3-6,8-11,14H,7,12-13H2,1-2H3,(H,21,22). The van der Waals surface area contributed by atoms with Gasteiger partial charge < -0.3 is 10.1 Å². The highest BCUT2D eigenvalue weighted by atomic mass is 16.5. The van der Waals surface area contributed by atoms with E-state index in [0.717, 1.165) is 12.0 Å². The van der Waals surface area contributed by atoms with Gasteiger partial charge in [0.1, 0.15) is 0 Å².